The summed E-state index contributed by atoms with van der Waals surface area (Å²) in [7, 11) is -6.69. The zero-order chi connectivity index (χ0) is 22.6. The smallest absolute Gasteiger partial charge is 0.244 e. The van der Waals surface area contributed by atoms with Crippen LogP contribution in [0.2, 0.25) is 0 Å². The predicted molar refractivity (Wildman–Crippen MR) is 121 cm³/mol. The molecule has 0 bridgehead atoms. The molecule has 1 amide bonds. The lowest BCUT2D eigenvalue weighted by Gasteiger charge is -2.28. The van der Waals surface area contributed by atoms with Crippen LogP contribution in [-0.2, 0) is 24.7 Å². The number of carbonyl (C=O) groups is 1. The summed E-state index contributed by atoms with van der Waals surface area (Å²) in [5, 5.41) is 2.85. The number of hydrogen-bond acceptors (Lipinski definition) is 6. The number of amides is 1. The second-order valence-corrected chi connectivity index (χ2v) is 12.1. The second-order valence-electron chi connectivity index (χ2n) is 7.99. The van der Waals surface area contributed by atoms with Gasteiger partial charge in [0, 0.05) is 25.2 Å². The first-order chi connectivity index (χ1) is 14.7. The fourth-order valence-electron chi connectivity index (χ4n) is 4.27. The van der Waals surface area contributed by atoms with Crippen molar-refractivity contribution >= 4 is 31.8 Å². The van der Waals surface area contributed by atoms with Gasteiger partial charge in [0.1, 0.15) is 0 Å². The molecule has 31 heavy (non-hydrogen) atoms. The van der Waals surface area contributed by atoms with Gasteiger partial charge in [0.25, 0.3) is 0 Å². The van der Waals surface area contributed by atoms with Crippen LogP contribution in [0.4, 0.5) is 0 Å². The molecule has 8 nitrogen and oxygen atoms in total. The highest BCUT2D eigenvalue weighted by Crippen LogP contribution is 2.23. The summed E-state index contributed by atoms with van der Waals surface area (Å²) in [5.41, 5.74) is 0.684. The molecule has 2 aliphatic heterocycles. The lowest BCUT2D eigenvalue weighted by atomic mass is 10.1. The Kier molecular flexibility index (Phi) is 7.56. The lowest BCUT2D eigenvalue weighted by molar-refractivity contribution is -0.117. The van der Waals surface area contributed by atoms with Gasteiger partial charge in [0.2, 0.25) is 15.9 Å². The van der Waals surface area contributed by atoms with Crippen LogP contribution in [0, 0.1) is 0 Å². The number of benzene rings is 1. The molecule has 2 aliphatic rings. The van der Waals surface area contributed by atoms with Gasteiger partial charge in [-0.05, 0) is 49.7 Å². The first-order valence-corrected chi connectivity index (χ1v) is 14.0. The molecule has 3 rings (SSSR count). The second kappa shape index (κ2) is 9.81. The Balaban J connectivity index is 1.64. The van der Waals surface area contributed by atoms with Gasteiger partial charge < -0.3 is 5.32 Å². The molecule has 172 valence electrons. The number of likely N-dealkylation sites (tertiary alicyclic amines) is 1. The summed E-state index contributed by atoms with van der Waals surface area (Å²) in [4.78, 5) is 14.8. The molecular formula is C21H31N3O5S2. The predicted octanol–water partition coefficient (Wildman–Crippen LogP) is 1.11. The summed E-state index contributed by atoms with van der Waals surface area (Å²) < 4.78 is 50.7. The van der Waals surface area contributed by atoms with E-state index >= 15 is 0 Å². The minimum Gasteiger partial charge on any atom is -0.347 e. The first-order valence-electron chi connectivity index (χ1n) is 10.7. The Bertz CT molecular complexity index is 1010. The van der Waals surface area contributed by atoms with Crippen LogP contribution in [0.3, 0.4) is 0 Å². The molecular weight excluding hydrogens is 438 g/mol. The Morgan fingerprint density at radius 3 is 2.32 bits per heavy atom. The third kappa shape index (κ3) is 5.74. The van der Waals surface area contributed by atoms with Gasteiger partial charge in [0.15, 0.2) is 9.84 Å². The van der Waals surface area contributed by atoms with Crippen LogP contribution in [0.1, 0.15) is 32.3 Å². The fraction of sp³-hybridized carbons (Fsp3) is 0.571. The van der Waals surface area contributed by atoms with Crippen molar-refractivity contribution in [2.45, 2.75) is 43.7 Å². The number of sulfonamides is 1. The van der Waals surface area contributed by atoms with E-state index in [1.807, 2.05) is 0 Å². The van der Waals surface area contributed by atoms with Crippen molar-refractivity contribution in [1.29, 1.82) is 0 Å². The summed E-state index contributed by atoms with van der Waals surface area (Å²) in [6.45, 7) is 6.11. The number of hydrogen-bond donors (Lipinski definition) is 1. The van der Waals surface area contributed by atoms with Crippen molar-refractivity contribution in [3.8, 4) is 0 Å². The Morgan fingerprint density at radius 1 is 1.13 bits per heavy atom. The zero-order valence-corrected chi connectivity index (χ0v) is 19.7. The summed E-state index contributed by atoms with van der Waals surface area (Å²) in [6.07, 6.45) is 5.06. The molecule has 0 aliphatic carbocycles. The molecule has 0 saturated carbocycles. The molecule has 0 radical (unpaired) electrons. The molecule has 2 heterocycles. The quantitative estimate of drug-likeness (QED) is 0.572. The van der Waals surface area contributed by atoms with E-state index < -0.39 is 25.9 Å². The minimum atomic E-state index is -3.52. The van der Waals surface area contributed by atoms with Crippen molar-refractivity contribution in [2.75, 3.05) is 37.7 Å². The van der Waals surface area contributed by atoms with Gasteiger partial charge in [-0.2, -0.15) is 4.31 Å². The number of carbonyl (C=O) groups excluding carboxylic acids is 1. The van der Waals surface area contributed by atoms with Crippen LogP contribution in [0.15, 0.2) is 35.2 Å². The lowest BCUT2D eigenvalue weighted by Crippen LogP contribution is -2.49. The summed E-state index contributed by atoms with van der Waals surface area (Å²) in [5.74, 6) is -0.304. The van der Waals surface area contributed by atoms with E-state index in [-0.39, 0.29) is 28.4 Å². The van der Waals surface area contributed by atoms with Gasteiger partial charge in [-0.15, -0.1) is 0 Å². The molecule has 2 unspecified atom stereocenters. The van der Waals surface area contributed by atoms with Crippen molar-refractivity contribution in [2.24, 2.45) is 0 Å². The van der Waals surface area contributed by atoms with Gasteiger partial charge in [-0.25, -0.2) is 16.8 Å². The van der Waals surface area contributed by atoms with Crippen LogP contribution < -0.4 is 5.32 Å². The fourth-order valence-corrected chi connectivity index (χ4v) is 7.68. The molecule has 2 atom stereocenters. The standard InChI is InChI=1S/C21H31N3O5S2/c1-3-24(4-2)31(28,29)18-10-7-17(8-11-18)9-12-21(25)22-19-15-30(26,27)16-20(19)23-13-5-6-14-23/h7-12,19-20H,3-6,13-16H2,1-2H3,(H,22,25)/b12-9+. The molecule has 2 saturated heterocycles. The van der Waals surface area contributed by atoms with E-state index in [2.05, 4.69) is 10.2 Å². The van der Waals surface area contributed by atoms with Crippen molar-refractivity contribution in [3.63, 3.8) is 0 Å². The Morgan fingerprint density at radius 2 is 1.74 bits per heavy atom. The third-order valence-corrected chi connectivity index (χ3v) is 9.69. The average molecular weight is 470 g/mol. The van der Waals surface area contributed by atoms with Crippen molar-refractivity contribution in [1.82, 2.24) is 14.5 Å². The molecule has 1 aromatic carbocycles. The van der Waals surface area contributed by atoms with Gasteiger partial charge in [-0.1, -0.05) is 26.0 Å². The number of nitrogens with zero attached hydrogens (tertiary/aromatic N) is 2. The maximum Gasteiger partial charge on any atom is 0.244 e. The Labute approximate surface area is 185 Å². The van der Waals surface area contributed by atoms with Gasteiger partial charge in [0.05, 0.1) is 22.4 Å². The van der Waals surface area contributed by atoms with Gasteiger partial charge >= 0.3 is 0 Å². The molecule has 10 heteroatoms. The van der Waals surface area contributed by atoms with Crippen LogP contribution >= 0.6 is 0 Å². The minimum absolute atomic E-state index is 0.0361. The molecule has 2 fully saturated rings. The maximum absolute atomic E-state index is 12.5. The van der Waals surface area contributed by atoms with Gasteiger partial charge in [-0.3, -0.25) is 9.69 Å². The highest BCUT2D eigenvalue weighted by atomic mass is 32.2. The van der Waals surface area contributed by atoms with Crippen molar-refractivity contribution in [3.05, 3.63) is 35.9 Å². The van der Waals surface area contributed by atoms with E-state index in [0.717, 1.165) is 25.9 Å². The van der Waals surface area contributed by atoms with E-state index in [0.29, 0.717) is 18.7 Å². The monoisotopic (exact) mass is 469 g/mol. The largest absolute Gasteiger partial charge is 0.347 e. The van der Waals surface area contributed by atoms with E-state index in [9.17, 15) is 21.6 Å². The highest BCUT2D eigenvalue weighted by Gasteiger charge is 2.42. The van der Waals surface area contributed by atoms with Crippen LogP contribution in [0.5, 0.6) is 0 Å². The van der Waals surface area contributed by atoms with E-state index in [4.69, 9.17) is 0 Å². The average Bonchev–Trinajstić information content (AvgIpc) is 3.35. The summed E-state index contributed by atoms with van der Waals surface area (Å²) in [6, 6.07) is 5.76. The maximum atomic E-state index is 12.5. The molecule has 1 N–H and O–H groups in total. The topological polar surface area (TPSA) is 104 Å². The number of rotatable bonds is 8. The number of nitrogens with one attached hydrogen (secondary N) is 1. The SMILES string of the molecule is CCN(CC)S(=O)(=O)c1ccc(/C=C/C(=O)NC2CS(=O)(=O)CC2N2CCCC2)cc1. The zero-order valence-electron chi connectivity index (χ0n) is 18.0. The number of sulfone groups is 1. The van der Waals surface area contributed by atoms with Crippen LogP contribution in [-0.4, -0.2) is 81.7 Å². The first kappa shape index (κ1) is 23.9. The molecule has 0 spiro atoms. The Hall–Kier alpha value is -1.75. The van der Waals surface area contributed by atoms with Crippen LogP contribution in [0.25, 0.3) is 6.08 Å². The third-order valence-electron chi connectivity index (χ3n) is 5.91. The molecule has 1 aromatic rings. The van der Waals surface area contributed by atoms with Crippen molar-refractivity contribution < 1.29 is 21.6 Å². The molecule has 0 aromatic heterocycles. The normalized spacial score (nSPS) is 24.2. The van der Waals surface area contributed by atoms with E-state index in [1.165, 1.54) is 22.5 Å². The summed E-state index contributed by atoms with van der Waals surface area (Å²) >= 11 is 0. The van der Waals surface area contributed by atoms with E-state index in [1.54, 1.807) is 32.1 Å². The highest BCUT2D eigenvalue weighted by molar-refractivity contribution is 7.91.